The molecule has 19 heavy (non-hydrogen) atoms. The summed E-state index contributed by atoms with van der Waals surface area (Å²) in [5, 5.41) is 16.9. The second-order valence-electron chi connectivity index (χ2n) is 3.92. The molecule has 3 rings (SSSR count). The average Bonchev–Trinajstić information content (AvgIpc) is 2.82. The van der Waals surface area contributed by atoms with Crippen LogP contribution in [-0.2, 0) is 0 Å². The van der Waals surface area contributed by atoms with E-state index >= 15 is 0 Å². The molecule has 0 unspecified atom stereocenters. The summed E-state index contributed by atoms with van der Waals surface area (Å²) in [6.45, 7) is 0. The molecule has 3 aromatic rings. The Morgan fingerprint density at radius 2 is 2.05 bits per heavy atom. The van der Waals surface area contributed by atoms with Gasteiger partial charge in [-0.1, -0.05) is 0 Å². The van der Waals surface area contributed by atoms with E-state index in [1.807, 2.05) is 0 Å². The number of fused-ring (bicyclic) bond motifs is 1. The largest absolute Gasteiger partial charge is 0.478 e. The molecule has 0 bridgehead atoms. The number of carboxylic acid groups (broad SMARTS) is 1. The van der Waals surface area contributed by atoms with Crippen molar-refractivity contribution >= 4 is 11.6 Å². The van der Waals surface area contributed by atoms with Crippen LogP contribution in [0.3, 0.4) is 0 Å². The average molecular weight is 256 g/mol. The number of carbonyl (C=O) groups is 1. The van der Waals surface area contributed by atoms with Crippen molar-refractivity contribution in [3.63, 3.8) is 0 Å². The fraction of sp³-hybridized carbons (Fsp3) is 0. The lowest BCUT2D eigenvalue weighted by Gasteiger charge is -2.00. The van der Waals surface area contributed by atoms with Gasteiger partial charge in [0.25, 0.3) is 0 Å². The van der Waals surface area contributed by atoms with Crippen LogP contribution in [0.4, 0.5) is 0 Å². The number of rotatable bonds is 2. The summed E-state index contributed by atoms with van der Waals surface area (Å²) < 4.78 is 1.57. The first-order valence-electron chi connectivity index (χ1n) is 5.42. The second-order valence-corrected chi connectivity index (χ2v) is 3.92. The lowest BCUT2D eigenvalue weighted by atomic mass is 10.2. The molecule has 0 radical (unpaired) electrons. The van der Waals surface area contributed by atoms with Gasteiger partial charge in [0.2, 0.25) is 5.56 Å². The highest BCUT2D eigenvalue weighted by molar-refractivity contribution is 5.87. The van der Waals surface area contributed by atoms with E-state index in [9.17, 15) is 9.59 Å². The lowest BCUT2D eigenvalue weighted by molar-refractivity contribution is 0.0696. The van der Waals surface area contributed by atoms with E-state index < -0.39 is 5.97 Å². The fourth-order valence-corrected chi connectivity index (χ4v) is 1.76. The summed E-state index contributed by atoms with van der Waals surface area (Å²) in [6, 6.07) is 6.01. The normalized spacial score (nSPS) is 10.7. The van der Waals surface area contributed by atoms with Crippen molar-refractivity contribution < 1.29 is 9.90 Å². The summed E-state index contributed by atoms with van der Waals surface area (Å²) in [6.07, 6.45) is 2.95. The summed E-state index contributed by atoms with van der Waals surface area (Å²) in [7, 11) is 0. The molecular formula is C12H8N4O3. The summed E-state index contributed by atoms with van der Waals surface area (Å²) in [5.41, 5.74) is 1.10. The zero-order valence-corrected chi connectivity index (χ0v) is 9.57. The maximum atomic E-state index is 11.0. The van der Waals surface area contributed by atoms with Gasteiger partial charge < -0.3 is 10.1 Å². The number of pyridine rings is 2. The van der Waals surface area contributed by atoms with E-state index in [2.05, 4.69) is 15.2 Å². The third-order valence-electron chi connectivity index (χ3n) is 2.69. The molecule has 3 heterocycles. The van der Waals surface area contributed by atoms with Gasteiger partial charge in [-0.25, -0.2) is 4.79 Å². The molecule has 94 valence electrons. The Morgan fingerprint density at radius 3 is 2.74 bits per heavy atom. The van der Waals surface area contributed by atoms with Crippen molar-refractivity contribution in [1.82, 2.24) is 19.6 Å². The van der Waals surface area contributed by atoms with Crippen molar-refractivity contribution in [2.24, 2.45) is 0 Å². The van der Waals surface area contributed by atoms with E-state index in [0.29, 0.717) is 17.0 Å². The molecule has 0 amide bonds. The number of aromatic amines is 1. The predicted octanol–water partition coefficient (Wildman–Crippen LogP) is 0.783. The third-order valence-corrected chi connectivity index (χ3v) is 2.69. The standard InChI is InChI=1S/C12H8N4O3/c17-10-4-2-7(5-13-10)11-15-14-9-3-1-8(12(18)19)6-16(9)11/h1-6H,(H,13,17)(H,18,19). The fourth-order valence-electron chi connectivity index (χ4n) is 1.76. The number of nitrogens with zero attached hydrogens (tertiary/aromatic N) is 3. The van der Waals surface area contributed by atoms with Gasteiger partial charge >= 0.3 is 5.97 Å². The topological polar surface area (TPSA) is 100 Å². The Morgan fingerprint density at radius 1 is 1.21 bits per heavy atom. The van der Waals surface area contributed by atoms with Gasteiger partial charge in [-0.3, -0.25) is 9.20 Å². The van der Waals surface area contributed by atoms with Crippen LogP contribution in [0.15, 0.2) is 41.5 Å². The number of H-pyrrole nitrogens is 1. The minimum absolute atomic E-state index is 0.137. The number of carboxylic acids is 1. The molecular weight excluding hydrogens is 248 g/mol. The molecule has 0 fully saturated rings. The third kappa shape index (κ3) is 1.86. The quantitative estimate of drug-likeness (QED) is 0.705. The first kappa shape index (κ1) is 11.1. The van der Waals surface area contributed by atoms with Crippen LogP contribution in [-0.4, -0.2) is 30.7 Å². The van der Waals surface area contributed by atoms with Crippen molar-refractivity contribution in [1.29, 1.82) is 0 Å². The van der Waals surface area contributed by atoms with Gasteiger partial charge in [-0.15, -0.1) is 10.2 Å². The molecule has 0 aliphatic carbocycles. The van der Waals surface area contributed by atoms with Crippen LogP contribution >= 0.6 is 0 Å². The SMILES string of the molecule is O=C(O)c1ccc2nnc(-c3ccc(=O)[nH]c3)n2c1. The van der Waals surface area contributed by atoms with Crippen LogP contribution in [0.25, 0.3) is 17.0 Å². The van der Waals surface area contributed by atoms with Crippen LogP contribution in [0.5, 0.6) is 0 Å². The molecule has 0 atom stereocenters. The summed E-state index contributed by atoms with van der Waals surface area (Å²) in [4.78, 5) is 24.5. The molecule has 7 heteroatoms. The van der Waals surface area contributed by atoms with Gasteiger partial charge in [0, 0.05) is 24.0 Å². The Kier molecular flexibility index (Phi) is 2.38. The maximum absolute atomic E-state index is 11.0. The summed E-state index contributed by atoms with van der Waals surface area (Å²) >= 11 is 0. The molecule has 0 aliphatic heterocycles. The van der Waals surface area contributed by atoms with Gasteiger partial charge in [0.15, 0.2) is 11.5 Å². The van der Waals surface area contributed by atoms with Gasteiger partial charge in [0.05, 0.1) is 5.56 Å². The Balaban J connectivity index is 2.23. The van der Waals surface area contributed by atoms with Crippen molar-refractivity contribution in [2.75, 3.05) is 0 Å². The first-order chi connectivity index (χ1) is 9.15. The van der Waals surface area contributed by atoms with Crippen molar-refractivity contribution in [3.05, 3.63) is 52.6 Å². The second kappa shape index (κ2) is 4.05. The van der Waals surface area contributed by atoms with E-state index in [4.69, 9.17) is 5.11 Å². The zero-order valence-electron chi connectivity index (χ0n) is 9.57. The van der Waals surface area contributed by atoms with E-state index in [1.54, 1.807) is 16.5 Å². The van der Waals surface area contributed by atoms with Gasteiger partial charge in [-0.05, 0) is 18.2 Å². The first-order valence-corrected chi connectivity index (χ1v) is 5.42. The Labute approximate surface area is 106 Å². The van der Waals surface area contributed by atoms with Crippen LogP contribution in [0, 0.1) is 0 Å². The predicted molar refractivity (Wildman–Crippen MR) is 66.0 cm³/mol. The van der Waals surface area contributed by atoms with Crippen LogP contribution in [0.1, 0.15) is 10.4 Å². The minimum atomic E-state index is -1.02. The molecule has 0 spiro atoms. The van der Waals surface area contributed by atoms with Crippen LogP contribution < -0.4 is 5.56 Å². The molecule has 0 aliphatic rings. The van der Waals surface area contributed by atoms with E-state index in [-0.39, 0.29) is 11.1 Å². The number of nitrogens with one attached hydrogen (secondary N) is 1. The zero-order chi connectivity index (χ0) is 13.4. The summed E-state index contributed by atoms with van der Waals surface area (Å²) in [5.74, 6) is -0.558. The molecule has 7 nitrogen and oxygen atoms in total. The lowest BCUT2D eigenvalue weighted by Crippen LogP contribution is -2.03. The van der Waals surface area contributed by atoms with Crippen molar-refractivity contribution in [2.45, 2.75) is 0 Å². The Hall–Kier alpha value is -2.96. The minimum Gasteiger partial charge on any atom is -0.478 e. The van der Waals surface area contributed by atoms with E-state index in [0.717, 1.165) is 0 Å². The number of hydrogen-bond donors (Lipinski definition) is 2. The highest BCUT2D eigenvalue weighted by Crippen LogP contribution is 2.17. The highest BCUT2D eigenvalue weighted by Gasteiger charge is 2.10. The smallest absolute Gasteiger partial charge is 0.337 e. The van der Waals surface area contributed by atoms with Gasteiger partial charge in [-0.2, -0.15) is 0 Å². The van der Waals surface area contributed by atoms with E-state index in [1.165, 1.54) is 24.5 Å². The monoisotopic (exact) mass is 256 g/mol. The number of hydrogen-bond acceptors (Lipinski definition) is 4. The highest BCUT2D eigenvalue weighted by atomic mass is 16.4. The molecule has 0 aromatic carbocycles. The van der Waals surface area contributed by atoms with Crippen molar-refractivity contribution in [3.8, 4) is 11.4 Å². The molecule has 0 saturated carbocycles. The molecule has 3 aromatic heterocycles. The number of aromatic carboxylic acids is 1. The molecule has 0 saturated heterocycles. The maximum Gasteiger partial charge on any atom is 0.337 e. The molecule has 2 N–H and O–H groups in total. The van der Waals surface area contributed by atoms with Gasteiger partial charge in [0.1, 0.15) is 0 Å². The Bertz CT molecular complexity index is 814. The van der Waals surface area contributed by atoms with Crippen LogP contribution in [0.2, 0.25) is 0 Å². The number of aromatic nitrogens is 4.